The van der Waals surface area contributed by atoms with Gasteiger partial charge in [0.05, 0.1) is 6.61 Å². The van der Waals surface area contributed by atoms with E-state index < -0.39 is 0 Å². The number of hydrogen-bond donors (Lipinski definition) is 1. The number of amides is 1. The summed E-state index contributed by atoms with van der Waals surface area (Å²) < 4.78 is 12.1. The lowest BCUT2D eigenvalue weighted by molar-refractivity contribution is 0.0998. The maximum absolute atomic E-state index is 12.3. The molecule has 3 aromatic rings. The highest BCUT2D eigenvalue weighted by Crippen LogP contribution is 2.29. The zero-order valence-corrected chi connectivity index (χ0v) is 13.5. The molecule has 1 amide bonds. The first-order valence-corrected chi connectivity index (χ1v) is 7.69. The third-order valence-electron chi connectivity index (χ3n) is 3.11. The fourth-order valence-corrected chi connectivity index (χ4v) is 2.58. The Labute approximate surface area is 136 Å². The summed E-state index contributed by atoms with van der Waals surface area (Å²) in [6, 6.07) is 14.7. The molecule has 1 aromatic heterocycles. The molecule has 0 aliphatic rings. The van der Waals surface area contributed by atoms with Crippen LogP contribution < -0.4 is 10.1 Å². The van der Waals surface area contributed by atoms with E-state index in [1.54, 1.807) is 6.07 Å². The minimum absolute atomic E-state index is 0.252. The SMILES string of the molecule is CCOc1cccc2cc(C(=O)Nc3cccc(Br)c3)oc12. The second-order valence-corrected chi connectivity index (χ2v) is 5.60. The fourth-order valence-electron chi connectivity index (χ4n) is 2.18. The summed E-state index contributed by atoms with van der Waals surface area (Å²) >= 11 is 3.37. The monoisotopic (exact) mass is 359 g/mol. The first-order valence-electron chi connectivity index (χ1n) is 6.89. The Hall–Kier alpha value is -2.27. The average Bonchev–Trinajstić information content (AvgIpc) is 2.93. The van der Waals surface area contributed by atoms with Gasteiger partial charge in [-0.3, -0.25) is 4.79 Å². The molecule has 0 saturated carbocycles. The molecule has 0 aliphatic carbocycles. The highest BCUT2D eigenvalue weighted by molar-refractivity contribution is 9.10. The summed E-state index contributed by atoms with van der Waals surface area (Å²) in [5.74, 6) is 0.598. The number of hydrogen-bond acceptors (Lipinski definition) is 3. The van der Waals surface area contributed by atoms with E-state index in [0.717, 1.165) is 9.86 Å². The van der Waals surface area contributed by atoms with Crippen LogP contribution in [0, 0.1) is 0 Å². The number of fused-ring (bicyclic) bond motifs is 1. The molecule has 0 saturated heterocycles. The van der Waals surface area contributed by atoms with Crippen molar-refractivity contribution >= 4 is 38.5 Å². The number of carbonyl (C=O) groups excluding carboxylic acids is 1. The Balaban J connectivity index is 1.89. The molecule has 4 nitrogen and oxygen atoms in total. The third kappa shape index (κ3) is 2.99. The van der Waals surface area contributed by atoms with Crippen molar-refractivity contribution < 1.29 is 13.9 Å². The third-order valence-corrected chi connectivity index (χ3v) is 3.61. The van der Waals surface area contributed by atoms with E-state index in [0.29, 0.717) is 23.6 Å². The molecule has 0 bridgehead atoms. The van der Waals surface area contributed by atoms with Crippen LogP contribution in [0.4, 0.5) is 5.69 Å². The zero-order valence-electron chi connectivity index (χ0n) is 11.9. The second kappa shape index (κ2) is 6.23. The van der Waals surface area contributed by atoms with E-state index in [-0.39, 0.29) is 11.7 Å². The van der Waals surface area contributed by atoms with Gasteiger partial charge in [-0.05, 0) is 37.3 Å². The maximum atomic E-state index is 12.3. The zero-order chi connectivity index (χ0) is 15.5. The molecule has 0 atom stereocenters. The molecule has 0 radical (unpaired) electrons. The van der Waals surface area contributed by atoms with E-state index in [4.69, 9.17) is 9.15 Å². The fraction of sp³-hybridized carbons (Fsp3) is 0.118. The number of benzene rings is 2. The largest absolute Gasteiger partial charge is 0.490 e. The van der Waals surface area contributed by atoms with Crippen LogP contribution in [0.5, 0.6) is 5.75 Å². The van der Waals surface area contributed by atoms with Gasteiger partial charge >= 0.3 is 0 Å². The number of carbonyl (C=O) groups is 1. The number of furan rings is 1. The minimum atomic E-state index is -0.295. The van der Waals surface area contributed by atoms with Gasteiger partial charge < -0.3 is 14.5 Å². The predicted molar refractivity (Wildman–Crippen MR) is 89.5 cm³/mol. The van der Waals surface area contributed by atoms with E-state index >= 15 is 0 Å². The highest BCUT2D eigenvalue weighted by Gasteiger charge is 2.15. The van der Waals surface area contributed by atoms with Gasteiger partial charge in [0.2, 0.25) is 0 Å². The summed E-state index contributed by atoms with van der Waals surface area (Å²) in [7, 11) is 0. The molecule has 0 aliphatic heterocycles. The number of halogens is 1. The van der Waals surface area contributed by atoms with Crippen LogP contribution in [0.15, 0.2) is 57.4 Å². The van der Waals surface area contributed by atoms with Gasteiger partial charge in [-0.2, -0.15) is 0 Å². The molecule has 1 N–H and O–H groups in total. The van der Waals surface area contributed by atoms with Gasteiger partial charge in [0.15, 0.2) is 17.1 Å². The van der Waals surface area contributed by atoms with Crippen LogP contribution in [0.3, 0.4) is 0 Å². The lowest BCUT2D eigenvalue weighted by atomic mass is 10.2. The van der Waals surface area contributed by atoms with Gasteiger partial charge in [-0.15, -0.1) is 0 Å². The van der Waals surface area contributed by atoms with Gasteiger partial charge in [-0.25, -0.2) is 0 Å². The summed E-state index contributed by atoms with van der Waals surface area (Å²) in [4.78, 5) is 12.3. The number of para-hydroxylation sites is 1. The van der Waals surface area contributed by atoms with Crippen molar-refractivity contribution in [1.29, 1.82) is 0 Å². The molecule has 0 unspecified atom stereocenters. The molecule has 0 fully saturated rings. The summed E-state index contributed by atoms with van der Waals surface area (Å²) in [6.07, 6.45) is 0. The molecular weight excluding hydrogens is 346 g/mol. The van der Waals surface area contributed by atoms with E-state index in [9.17, 15) is 4.79 Å². The van der Waals surface area contributed by atoms with Crippen molar-refractivity contribution in [3.8, 4) is 5.75 Å². The molecule has 1 heterocycles. The number of nitrogens with one attached hydrogen (secondary N) is 1. The normalized spacial score (nSPS) is 10.6. The lowest BCUT2D eigenvalue weighted by Gasteiger charge is -2.03. The standard InChI is InChI=1S/C17H14BrNO3/c1-2-21-14-8-3-5-11-9-15(22-16(11)14)17(20)19-13-7-4-6-12(18)10-13/h3-10H,2H2,1H3,(H,19,20). The quantitative estimate of drug-likeness (QED) is 0.724. The van der Waals surface area contributed by atoms with Gasteiger partial charge in [0.1, 0.15) is 0 Å². The Morgan fingerprint density at radius 3 is 2.82 bits per heavy atom. The summed E-state index contributed by atoms with van der Waals surface area (Å²) in [5.41, 5.74) is 1.29. The highest BCUT2D eigenvalue weighted by atomic mass is 79.9. The first kappa shape index (κ1) is 14.7. The Bertz CT molecular complexity index is 826. The number of anilines is 1. The van der Waals surface area contributed by atoms with Gasteiger partial charge in [0.25, 0.3) is 5.91 Å². The van der Waals surface area contributed by atoms with E-state index in [1.165, 1.54) is 0 Å². The van der Waals surface area contributed by atoms with Crippen LogP contribution in [0.2, 0.25) is 0 Å². The number of ether oxygens (including phenoxy) is 1. The number of rotatable bonds is 4. The van der Waals surface area contributed by atoms with Crippen molar-refractivity contribution in [3.05, 3.63) is 58.8 Å². The molecule has 3 rings (SSSR count). The van der Waals surface area contributed by atoms with Crippen molar-refractivity contribution in [1.82, 2.24) is 0 Å². The van der Waals surface area contributed by atoms with Crippen LogP contribution in [-0.4, -0.2) is 12.5 Å². The Morgan fingerprint density at radius 2 is 2.05 bits per heavy atom. The Kier molecular flexibility index (Phi) is 4.15. The van der Waals surface area contributed by atoms with Crippen molar-refractivity contribution in [3.63, 3.8) is 0 Å². The van der Waals surface area contributed by atoms with Crippen LogP contribution in [0.25, 0.3) is 11.0 Å². The van der Waals surface area contributed by atoms with Crippen LogP contribution in [-0.2, 0) is 0 Å². The van der Waals surface area contributed by atoms with Gasteiger partial charge in [-0.1, -0.05) is 34.1 Å². The molecule has 112 valence electrons. The molecule has 2 aromatic carbocycles. The Morgan fingerprint density at radius 1 is 1.23 bits per heavy atom. The minimum Gasteiger partial charge on any atom is -0.490 e. The first-order chi connectivity index (χ1) is 10.7. The molecule has 5 heteroatoms. The second-order valence-electron chi connectivity index (χ2n) is 4.68. The summed E-state index contributed by atoms with van der Waals surface area (Å²) in [6.45, 7) is 2.45. The topological polar surface area (TPSA) is 51.5 Å². The summed E-state index contributed by atoms with van der Waals surface area (Å²) in [5, 5.41) is 3.65. The van der Waals surface area contributed by atoms with E-state index in [2.05, 4.69) is 21.2 Å². The lowest BCUT2D eigenvalue weighted by Crippen LogP contribution is -2.10. The average molecular weight is 360 g/mol. The van der Waals surface area contributed by atoms with Crippen molar-refractivity contribution in [2.75, 3.05) is 11.9 Å². The molecular formula is C17H14BrNO3. The smallest absolute Gasteiger partial charge is 0.291 e. The van der Waals surface area contributed by atoms with E-state index in [1.807, 2.05) is 49.4 Å². The van der Waals surface area contributed by atoms with Crippen LogP contribution >= 0.6 is 15.9 Å². The van der Waals surface area contributed by atoms with Crippen molar-refractivity contribution in [2.24, 2.45) is 0 Å². The molecule has 0 spiro atoms. The maximum Gasteiger partial charge on any atom is 0.291 e. The van der Waals surface area contributed by atoms with Gasteiger partial charge in [0, 0.05) is 15.5 Å². The molecule has 22 heavy (non-hydrogen) atoms. The van der Waals surface area contributed by atoms with Crippen LogP contribution in [0.1, 0.15) is 17.5 Å². The predicted octanol–water partition coefficient (Wildman–Crippen LogP) is 4.85. The van der Waals surface area contributed by atoms with Crippen molar-refractivity contribution in [2.45, 2.75) is 6.92 Å².